The smallest absolute Gasteiger partial charge is 0.0798 e. The maximum atomic E-state index is 4.35. The number of thiazole rings is 1. The highest BCUT2D eigenvalue weighted by atomic mass is 32.1. The van der Waals surface area contributed by atoms with Crippen molar-refractivity contribution in [1.29, 1.82) is 0 Å². The zero-order chi connectivity index (χ0) is 12.3. The van der Waals surface area contributed by atoms with Crippen LogP contribution in [0.2, 0.25) is 0 Å². The molecule has 0 amide bonds. The Balaban J connectivity index is 1.97. The van der Waals surface area contributed by atoms with Crippen LogP contribution in [0.25, 0.3) is 0 Å². The van der Waals surface area contributed by atoms with Crippen molar-refractivity contribution in [2.24, 2.45) is 5.92 Å². The molecule has 1 heterocycles. The molecule has 1 N–H and O–H groups in total. The van der Waals surface area contributed by atoms with Crippen molar-refractivity contribution in [3.63, 3.8) is 0 Å². The number of aromatic nitrogens is 1. The van der Waals surface area contributed by atoms with E-state index in [2.05, 4.69) is 31.1 Å². The first-order chi connectivity index (χ1) is 8.22. The fraction of sp³-hybridized carbons (Fsp3) is 0.786. The number of nitrogens with one attached hydrogen (secondary N) is 1. The molecule has 1 fully saturated rings. The lowest BCUT2D eigenvalue weighted by Gasteiger charge is -2.33. The van der Waals surface area contributed by atoms with E-state index < -0.39 is 0 Å². The molecule has 2 nitrogen and oxygen atoms in total. The first kappa shape index (κ1) is 13.0. The topological polar surface area (TPSA) is 24.9 Å². The average Bonchev–Trinajstić information content (AvgIpc) is 2.76. The van der Waals surface area contributed by atoms with Gasteiger partial charge in [0, 0.05) is 17.0 Å². The number of hydrogen-bond acceptors (Lipinski definition) is 3. The first-order valence-corrected chi connectivity index (χ1v) is 7.76. The SMILES string of the molecule is CCC1CCCCC1NC(C)c1scnc1C. The maximum absolute atomic E-state index is 4.35. The summed E-state index contributed by atoms with van der Waals surface area (Å²) in [5.74, 6) is 0.874. The van der Waals surface area contributed by atoms with E-state index in [0.29, 0.717) is 12.1 Å². The van der Waals surface area contributed by atoms with Crippen LogP contribution < -0.4 is 5.32 Å². The van der Waals surface area contributed by atoms with Gasteiger partial charge < -0.3 is 5.32 Å². The van der Waals surface area contributed by atoms with Gasteiger partial charge in [0.15, 0.2) is 0 Å². The van der Waals surface area contributed by atoms with Gasteiger partial charge in [0.05, 0.1) is 11.2 Å². The van der Waals surface area contributed by atoms with Crippen LogP contribution >= 0.6 is 11.3 Å². The molecule has 0 aromatic carbocycles. The number of nitrogens with zero attached hydrogens (tertiary/aromatic N) is 1. The van der Waals surface area contributed by atoms with Crippen LogP contribution in [-0.4, -0.2) is 11.0 Å². The van der Waals surface area contributed by atoms with Gasteiger partial charge in [-0.15, -0.1) is 11.3 Å². The van der Waals surface area contributed by atoms with Gasteiger partial charge in [0.25, 0.3) is 0 Å². The molecule has 0 saturated heterocycles. The van der Waals surface area contributed by atoms with Crippen molar-refractivity contribution < 1.29 is 0 Å². The molecule has 0 radical (unpaired) electrons. The van der Waals surface area contributed by atoms with Crippen LogP contribution in [0.4, 0.5) is 0 Å². The molecular formula is C14H24N2S. The number of rotatable bonds is 4. The van der Waals surface area contributed by atoms with Crippen LogP contribution in [0.15, 0.2) is 5.51 Å². The molecule has 96 valence electrons. The van der Waals surface area contributed by atoms with Crippen LogP contribution in [0, 0.1) is 12.8 Å². The minimum Gasteiger partial charge on any atom is -0.306 e. The van der Waals surface area contributed by atoms with Gasteiger partial charge in [0.2, 0.25) is 0 Å². The highest BCUT2D eigenvalue weighted by molar-refractivity contribution is 7.09. The van der Waals surface area contributed by atoms with Gasteiger partial charge in [-0.25, -0.2) is 4.98 Å². The van der Waals surface area contributed by atoms with E-state index in [-0.39, 0.29) is 0 Å². The van der Waals surface area contributed by atoms with Crippen molar-refractivity contribution in [2.75, 3.05) is 0 Å². The second-order valence-corrected chi connectivity index (χ2v) is 6.14. The Labute approximate surface area is 109 Å². The van der Waals surface area contributed by atoms with Crippen LogP contribution in [0.3, 0.4) is 0 Å². The molecule has 3 atom stereocenters. The second kappa shape index (κ2) is 5.96. The second-order valence-electron chi connectivity index (χ2n) is 5.25. The summed E-state index contributed by atoms with van der Waals surface area (Å²) < 4.78 is 0. The Morgan fingerprint density at radius 2 is 2.24 bits per heavy atom. The fourth-order valence-electron chi connectivity index (χ4n) is 3.04. The van der Waals surface area contributed by atoms with Crippen molar-refractivity contribution >= 4 is 11.3 Å². The van der Waals surface area contributed by atoms with Gasteiger partial charge in [0.1, 0.15) is 0 Å². The lowest BCUT2D eigenvalue weighted by Crippen LogP contribution is -2.39. The first-order valence-electron chi connectivity index (χ1n) is 6.88. The van der Waals surface area contributed by atoms with E-state index >= 15 is 0 Å². The van der Waals surface area contributed by atoms with Gasteiger partial charge in [-0.3, -0.25) is 0 Å². The van der Waals surface area contributed by atoms with E-state index in [1.54, 1.807) is 11.3 Å². The molecule has 3 unspecified atom stereocenters. The molecule has 1 aliphatic carbocycles. The van der Waals surface area contributed by atoms with Crippen molar-refractivity contribution in [3.8, 4) is 0 Å². The molecule has 0 aliphatic heterocycles. The highest BCUT2D eigenvalue weighted by Gasteiger charge is 2.25. The monoisotopic (exact) mass is 252 g/mol. The predicted octanol–water partition coefficient (Wildman–Crippen LogP) is 4.07. The molecule has 0 bridgehead atoms. The van der Waals surface area contributed by atoms with Crippen molar-refractivity contribution in [3.05, 3.63) is 16.1 Å². The molecule has 1 aliphatic rings. The molecule has 1 aromatic rings. The van der Waals surface area contributed by atoms with Crippen LogP contribution in [0.1, 0.15) is 62.6 Å². The lowest BCUT2D eigenvalue weighted by molar-refractivity contribution is 0.241. The molecule has 1 saturated carbocycles. The van der Waals surface area contributed by atoms with Crippen LogP contribution in [0.5, 0.6) is 0 Å². The van der Waals surface area contributed by atoms with E-state index in [1.807, 2.05) is 5.51 Å². The van der Waals surface area contributed by atoms with E-state index in [1.165, 1.54) is 42.7 Å². The van der Waals surface area contributed by atoms with Crippen molar-refractivity contribution in [1.82, 2.24) is 10.3 Å². The predicted molar refractivity (Wildman–Crippen MR) is 74.4 cm³/mol. The van der Waals surface area contributed by atoms with Gasteiger partial charge in [-0.2, -0.15) is 0 Å². The third kappa shape index (κ3) is 3.08. The quantitative estimate of drug-likeness (QED) is 0.873. The third-order valence-corrected chi connectivity index (χ3v) is 5.19. The summed E-state index contributed by atoms with van der Waals surface area (Å²) >= 11 is 1.78. The molecule has 0 spiro atoms. The molecular weight excluding hydrogens is 228 g/mol. The zero-order valence-corrected chi connectivity index (χ0v) is 12.0. The van der Waals surface area contributed by atoms with E-state index in [0.717, 1.165) is 5.92 Å². The molecule has 17 heavy (non-hydrogen) atoms. The Kier molecular flexibility index (Phi) is 4.57. The standard InChI is InChI=1S/C14H24N2S/c1-4-12-7-5-6-8-13(12)16-11(3)14-10(2)15-9-17-14/h9,11-13,16H,4-8H2,1-3H3. The Bertz CT molecular complexity index is 348. The van der Waals surface area contributed by atoms with Crippen molar-refractivity contribution in [2.45, 2.75) is 65.0 Å². The normalized spacial score (nSPS) is 27.0. The summed E-state index contributed by atoms with van der Waals surface area (Å²) in [6, 6.07) is 1.17. The minimum absolute atomic E-state index is 0.458. The summed E-state index contributed by atoms with van der Waals surface area (Å²) in [6.07, 6.45) is 6.88. The zero-order valence-electron chi connectivity index (χ0n) is 11.2. The Morgan fingerprint density at radius 3 is 2.88 bits per heavy atom. The van der Waals surface area contributed by atoms with Gasteiger partial charge in [-0.1, -0.05) is 26.2 Å². The molecule has 1 aromatic heterocycles. The van der Waals surface area contributed by atoms with E-state index in [4.69, 9.17) is 0 Å². The molecule has 2 rings (SSSR count). The van der Waals surface area contributed by atoms with Crippen LogP contribution in [-0.2, 0) is 0 Å². The fourth-order valence-corrected chi connectivity index (χ4v) is 3.86. The summed E-state index contributed by atoms with van der Waals surface area (Å²) in [7, 11) is 0. The summed E-state index contributed by atoms with van der Waals surface area (Å²) in [5.41, 5.74) is 3.15. The minimum atomic E-state index is 0.458. The number of aryl methyl sites for hydroxylation is 1. The Morgan fingerprint density at radius 1 is 1.47 bits per heavy atom. The summed E-state index contributed by atoms with van der Waals surface area (Å²) in [4.78, 5) is 5.76. The summed E-state index contributed by atoms with van der Waals surface area (Å²) in [6.45, 7) is 6.72. The van der Waals surface area contributed by atoms with Gasteiger partial charge in [-0.05, 0) is 32.6 Å². The van der Waals surface area contributed by atoms with E-state index in [9.17, 15) is 0 Å². The lowest BCUT2D eigenvalue weighted by atomic mass is 9.82. The number of hydrogen-bond donors (Lipinski definition) is 1. The Hall–Kier alpha value is -0.410. The largest absolute Gasteiger partial charge is 0.306 e. The molecule has 3 heteroatoms. The summed E-state index contributed by atoms with van der Waals surface area (Å²) in [5, 5.41) is 3.83. The average molecular weight is 252 g/mol. The van der Waals surface area contributed by atoms with Gasteiger partial charge >= 0.3 is 0 Å². The third-order valence-electron chi connectivity index (χ3n) is 4.07. The highest BCUT2D eigenvalue weighted by Crippen LogP contribution is 2.30. The maximum Gasteiger partial charge on any atom is 0.0798 e.